The molecule has 1 aliphatic rings. The van der Waals surface area contributed by atoms with Gasteiger partial charge >= 0.3 is 0 Å². The predicted molar refractivity (Wildman–Crippen MR) is 89.6 cm³/mol. The average molecular weight is 311 g/mol. The normalized spacial score (nSPS) is 17.1. The van der Waals surface area contributed by atoms with Crippen LogP contribution in [0.4, 0.5) is 0 Å². The van der Waals surface area contributed by atoms with E-state index in [0.717, 1.165) is 25.9 Å². The lowest BCUT2D eigenvalue weighted by atomic mass is 9.89. The van der Waals surface area contributed by atoms with E-state index >= 15 is 0 Å². The SMILES string of the molecule is CC.CCCN1CCC(c2cccc(S(C)(=O)=O)c2)CC1. The zero-order valence-corrected chi connectivity index (χ0v) is 14.6. The van der Waals surface area contributed by atoms with Gasteiger partial charge in [-0.15, -0.1) is 0 Å². The van der Waals surface area contributed by atoms with Crippen molar-refractivity contribution in [2.24, 2.45) is 0 Å². The van der Waals surface area contributed by atoms with Crippen LogP contribution < -0.4 is 0 Å². The van der Waals surface area contributed by atoms with Crippen molar-refractivity contribution in [3.05, 3.63) is 29.8 Å². The summed E-state index contributed by atoms with van der Waals surface area (Å²) in [5.41, 5.74) is 1.18. The Labute approximate surface area is 130 Å². The molecule has 1 aromatic rings. The van der Waals surface area contributed by atoms with Gasteiger partial charge in [0.25, 0.3) is 0 Å². The van der Waals surface area contributed by atoms with Crippen molar-refractivity contribution < 1.29 is 8.42 Å². The maximum atomic E-state index is 11.6. The third-order valence-corrected chi connectivity index (χ3v) is 5.00. The van der Waals surface area contributed by atoms with Crippen LogP contribution >= 0.6 is 0 Å². The highest BCUT2D eigenvalue weighted by molar-refractivity contribution is 7.90. The second-order valence-corrected chi connectivity index (χ2v) is 7.48. The van der Waals surface area contributed by atoms with Gasteiger partial charge in [-0.3, -0.25) is 0 Å². The summed E-state index contributed by atoms with van der Waals surface area (Å²) in [6, 6.07) is 7.47. The lowest BCUT2D eigenvalue weighted by Gasteiger charge is -2.32. The van der Waals surface area contributed by atoms with Gasteiger partial charge < -0.3 is 4.90 Å². The highest BCUT2D eigenvalue weighted by atomic mass is 32.2. The molecular weight excluding hydrogens is 282 g/mol. The van der Waals surface area contributed by atoms with E-state index in [1.54, 1.807) is 6.07 Å². The first-order valence-corrected chi connectivity index (χ1v) is 9.92. The fraction of sp³-hybridized carbons (Fsp3) is 0.647. The van der Waals surface area contributed by atoms with Crippen molar-refractivity contribution in [2.75, 3.05) is 25.9 Å². The molecule has 2 rings (SSSR count). The topological polar surface area (TPSA) is 37.4 Å². The predicted octanol–water partition coefficient (Wildman–Crippen LogP) is 3.71. The van der Waals surface area contributed by atoms with Crippen molar-refractivity contribution in [3.63, 3.8) is 0 Å². The first-order chi connectivity index (χ1) is 10.0. The van der Waals surface area contributed by atoms with E-state index in [2.05, 4.69) is 17.9 Å². The highest BCUT2D eigenvalue weighted by Crippen LogP contribution is 2.29. The molecule has 1 aromatic carbocycles. The molecular formula is C17H29NO2S. The largest absolute Gasteiger partial charge is 0.303 e. The quantitative estimate of drug-likeness (QED) is 0.850. The van der Waals surface area contributed by atoms with E-state index in [0.29, 0.717) is 10.8 Å². The number of rotatable bonds is 4. The minimum atomic E-state index is -3.09. The summed E-state index contributed by atoms with van der Waals surface area (Å²) in [5, 5.41) is 0. The zero-order valence-electron chi connectivity index (χ0n) is 13.8. The van der Waals surface area contributed by atoms with Crippen molar-refractivity contribution in [3.8, 4) is 0 Å². The van der Waals surface area contributed by atoms with E-state index in [-0.39, 0.29) is 0 Å². The van der Waals surface area contributed by atoms with Gasteiger partial charge in [-0.2, -0.15) is 0 Å². The van der Waals surface area contributed by atoms with Gasteiger partial charge in [-0.25, -0.2) is 8.42 Å². The fourth-order valence-corrected chi connectivity index (χ4v) is 3.48. The molecule has 0 aromatic heterocycles. The van der Waals surface area contributed by atoms with Crippen LogP contribution in [0.3, 0.4) is 0 Å². The first-order valence-electron chi connectivity index (χ1n) is 8.03. The fourth-order valence-electron chi connectivity index (χ4n) is 2.81. The Bertz CT molecular complexity index is 517. The molecule has 0 radical (unpaired) electrons. The molecule has 0 amide bonds. The number of hydrogen-bond donors (Lipinski definition) is 0. The van der Waals surface area contributed by atoms with E-state index < -0.39 is 9.84 Å². The summed E-state index contributed by atoms with van der Waals surface area (Å²) in [5.74, 6) is 0.509. The standard InChI is InChI=1S/C15H23NO2S.C2H6/c1-3-9-16-10-7-13(8-11-16)14-5-4-6-15(12-14)19(2,17)18;1-2/h4-6,12-13H,3,7-11H2,1-2H3;1-2H3. The number of benzene rings is 1. The molecule has 120 valence electrons. The molecule has 1 saturated heterocycles. The minimum absolute atomic E-state index is 0.445. The lowest BCUT2D eigenvalue weighted by Crippen LogP contribution is -2.33. The second-order valence-electron chi connectivity index (χ2n) is 5.46. The third-order valence-electron chi connectivity index (χ3n) is 3.89. The number of piperidine rings is 1. The number of sulfone groups is 1. The van der Waals surface area contributed by atoms with Gasteiger partial charge in [-0.05, 0) is 62.5 Å². The maximum absolute atomic E-state index is 11.6. The van der Waals surface area contributed by atoms with Crippen molar-refractivity contribution in [1.82, 2.24) is 4.90 Å². The van der Waals surface area contributed by atoms with Crippen molar-refractivity contribution >= 4 is 9.84 Å². The molecule has 0 atom stereocenters. The van der Waals surface area contributed by atoms with Crippen molar-refractivity contribution in [2.45, 2.75) is 50.8 Å². The van der Waals surface area contributed by atoms with E-state index in [4.69, 9.17) is 0 Å². The Balaban J connectivity index is 0.00000106. The second kappa shape index (κ2) is 8.54. The molecule has 0 aliphatic carbocycles. The highest BCUT2D eigenvalue weighted by Gasteiger charge is 2.20. The van der Waals surface area contributed by atoms with Crippen LogP contribution in [0.5, 0.6) is 0 Å². The van der Waals surface area contributed by atoms with Crippen LogP contribution in [0.2, 0.25) is 0 Å². The maximum Gasteiger partial charge on any atom is 0.175 e. The van der Waals surface area contributed by atoms with Gasteiger partial charge in [-0.1, -0.05) is 32.9 Å². The third kappa shape index (κ3) is 5.44. The van der Waals surface area contributed by atoms with Gasteiger partial charge in [0.05, 0.1) is 4.90 Å². The van der Waals surface area contributed by atoms with Crippen LogP contribution in [0.1, 0.15) is 51.5 Å². The summed E-state index contributed by atoms with van der Waals surface area (Å²) in [6.45, 7) is 9.64. The summed E-state index contributed by atoms with van der Waals surface area (Å²) in [6.07, 6.45) is 4.74. The van der Waals surface area contributed by atoms with Gasteiger partial charge in [0.1, 0.15) is 0 Å². The Kier molecular flexibility index (Phi) is 7.40. The van der Waals surface area contributed by atoms with Gasteiger partial charge in [0.15, 0.2) is 9.84 Å². The molecule has 0 saturated carbocycles. The van der Waals surface area contributed by atoms with Crippen LogP contribution in [-0.2, 0) is 9.84 Å². The molecule has 0 unspecified atom stereocenters. The molecule has 0 spiro atoms. The van der Waals surface area contributed by atoms with Gasteiger partial charge in [0, 0.05) is 6.26 Å². The Hall–Kier alpha value is -0.870. The summed E-state index contributed by atoms with van der Waals surface area (Å²) >= 11 is 0. The minimum Gasteiger partial charge on any atom is -0.303 e. The average Bonchev–Trinajstić information content (AvgIpc) is 2.50. The number of likely N-dealkylation sites (tertiary alicyclic amines) is 1. The van der Waals surface area contributed by atoms with E-state index in [1.165, 1.54) is 24.8 Å². The lowest BCUT2D eigenvalue weighted by molar-refractivity contribution is 0.212. The molecule has 4 heteroatoms. The molecule has 21 heavy (non-hydrogen) atoms. The molecule has 1 heterocycles. The Morgan fingerprint density at radius 2 is 1.81 bits per heavy atom. The van der Waals surface area contributed by atoms with Crippen LogP contribution in [0.25, 0.3) is 0 Å². The van der Waals surface area contributed by atoms with Crippen LogP contribution in [0.15, 0.2) is 29.2 Å². The molecule has 1 fully saturated rings. The molecule has 3 nitrogen and oxygen atoms in total. The van der Waals surface area contributed by atoms with Crippen LogP contribution in [0, 0.1) is 0 Å². The Morgan fingerprint density at radius 1 is 1.19 bits per heavy atom. The number of nitrogens with zero attached hydrogens (tertiary/aromatic N) is 1. The first kappa shape index (κ1) is 18.2. The smallest absolute Gasteiger partial charge is 0.175 e. The number of hydrogen-bond acceptors (Lipinski definition) is 3. The molecule has 0 N–H and O–H groups in total. The van der Waals surface area contributed by atoms with E-state index in [9.17, 15) is 8.42 Å². The zero-order chi connectivity index (χ0) is 15.9. The van der Waals surface area contributed by atoms with E-state index in [1.807, 2.05) is 26.0 Å². The molecule has 0 bridgehead atoms. The van der Waals surface area contributed by atoms with Crippen molar-refractivity contribution in [1.29, 1.82) is 0 Å². The monoisotopic (exact) mass is 311 g/mol. The molecule has 1 aliphatic heterocycles. The summed E-state index contributed by atoms with van der Waals surface area (Å²) < 4.78 is 23.2. The summed E-state index contributed by atoms with van der Waals surface area (Å²) in [4.78, 5) is 2.94. The van der Waals surface area contributed by atoms with Crippen LogP contribution in [-0.4, -0.2) is 39.2 Å². The summed E-state index contributed by atoms with van der Waals surface area (Å²) in [7, 11) is -3.09. The Morgan fingerprint density at radius 3 is 2.33 bits per heavy atom. The van der Waals surface area contributed by atoms with Gasteiger partial charge in [0.2, 0.25) is 0 Å².